The average Bonchev–Trinajstić information content (AvgIpc) is 2.15. The van der Waals surface area contributed by atoms with Crippen molar-refractivity contribution in [3.63, 3.8) is 0 Å². The van der Waals surface area contributed by atoms with Crippen LogP contribution in [-0.2, 0) is 6.18 Å². The van der Waals surface area contributed by atoms with Crippen LogP contribution in [0.1, 0.15) is 5.56 Å². The van der Waals surface area contributed by atoms with Gasteiger partial charge in [-0.1, -0.05) is 15.9 Å². The van der Waals surface area contributed by atoms with Crippen molar-refractivity contribution in [1.29, 1.82) is 0 Å². The quantitative estimate of drug-likeness (QED) is 0.832. The minimum atomic E-state index is -4.41. The molecule has 0 aromatic heterocycles. The Kier molecular flexibility index (Phi) is 3.96. The predicted molar refractivity (Wildman–Crippen MR) is 53.6 cm³/mol. The number of anilines is 1. The van der Waals surface area contributed by atoms with Gasteiger partial charge in [-0.3, -0.25) is 0 Å². The molecule has 1 nitrogen and oxygen atoms in total. The van der Waals surface area contributed by atoms with Crippen molar-refractivity contribution in [3.05, 3.63) is 28.2 Å². The summed E-state index contributed by atoms with van der Waals surface area (Å²) in [5, 5.41) is 2.54. The maximum atomic E-state index is 12.4. The van der Waals surface area contributed by atoms with E-state index in [2.05, 4.69) is 21.2 Å². The van der Waals surface area contributed by atoms with E-state index in [4.69, 9.17) is 0 Å². The monoisotopic (exact) mass is 285 g/mol. The first-order valence-electron chi connectivity index (χ1n) is 4.11. The van der Waals surface area contributed by atoms with Crippen LogP contribution in [-0.4, -0.2) is 13.2 Å². The van der Waals surface area contributed by atoms with E-state index < -0.39 is 18.4 Å². The summed E-state index contributed by atoms with van der Waals surface area (Å²) in [5.74, 6) is 0. The van der Waals surface area contributed by atoms with Crippen LogP contribution in [0.2, 0.25) is 0 Å². The van der Waals surface area contributed by atoms with Crippen LogP contribution >= 0.6 is 15.9 Å². The van der Waals surface area contributed by atoms with Crippen LogP contribution in [0.4, 0.5) is 23.2 Å². The zero-order valence-corrected chi connectivity index (χ0v) is 9.12. The zero-order chi connectivity index (χ0) is 11.5. The molecular weight excluding hydrogens is 278 g/mol. The minimum Gasteiger partial charge on any atom is -0.382 e. The third-order valence-corrected chi connectivity index (χ3v) is 2.39. The molecule has 0 saturated carbocycles. The van der Waals surface area contributed by atoms with Gasteiger partial charge in [0.1, 0.15) is 6.67 Å². The number of rotatable bonds is 3. The third-order valence-electron chi connectivity index (χ3n) is 1.70. The first kappa shape index (κ1) is 12.3. The molecular formula is C9H8BrF4N. The molecule has 0 bridgehead atoms. The van der Waals surface area contributed by atoms with E-state index in [-0.39, 0.29) is 16.7 Å². The summed E-state index contributed by atoms with van der Waals surface area (Å²) in [6.45, 7) is -0.629. The summed E-state index contributed by atoms with van der Waals surface area (Å²) >= 11 is 2.81. The molecule has 1 aromatic carbocycles. The predicted octanol–water partition coefficient (Wildman–Crippen LogP) is 3.85. The SMILES string of the molecule is FCCNc1ccc(Br)c(C(F)(F)F)c1. The third kappa shape index (κ3) is 3.37. The van der Waals surface area contributed by atoms with Crippen molar-refractivity contribution in [2.45, 2.75) is 6.18 Å². The molecule has 1 rings (SSSR count). The highest BCUT2D eigenvalue weighted by Crippen LogP contribution is 2.36. The Labute approximate surface area is 92.6 Å². The lowest BCUT2D eigenvalue weighted by Crippen LogP contribution is -2.08. The molecule has 0 aliphatic rings. The number of hydrogen-bond acceptors (Lipinski definition) is 1. The van der Waals surface area contributed by atoms with E-state index in [0.717, 1.165) is 6.07 Å². The van der Waals surface area contributed by atoms with E-state index in [0.29, 0.717) is 0 Å². The lowest BCUT2D eigenvalue weighted by molar-refractivity contribution is -0.138. The molecule has 15 heavy (non-hydrogen) atoms. The second-order valence-corrected chi connectivity index (χ2v) is 3.66. The highest BCUT2D eigenvalue weighted by molar-refractivity contribution is 9.10. The molecule has 84 valence electrons. The summed E-state index contributed by atoms with van der Waals surface area (Å²) in [6, 6.07) is 3.68. The average molecular weight is 286 g/mol. The van der Waals surface area contributed by atoms with Gasteiger partial charge < -0.3 is 5.32 Å². The molecule has 1 aromatic rings. The first-order chi connectivity index (χ1) is 6.95. The van der Waals surface area contributed by atoms with Crippen molar-refractivity contribution in [2.75, 3.05) is 18.5 Å². The van der Waals surface area contributed by atoms with E-state index in [1.807, 2.05) is 0 Å². The molecule has 0 radical (unpaired) electrons. The topological polar surface area (TPSA) is 12.0 Å². The van der Waals surface area contributed by atoms with Gasteiger partial charge in [0.05, 0.1) is 5.56 Å². The molecule has 0 amide bonds. The number of halogens is 5. The van der Waals surface area contributed by atoms with Gasteiger partial charge in [-0.15, -0.1) is 0 Å². The fourth-order valence-corrected chi connectivity index (χ4v) is 1.52. The lowest BCUT2D eigenvalue weighted by Gasteiger charge is -2.11. The highest BCUT2D eigenvalue weighted by Gasteiger charge is 2.33. The van der Waals surface area contributed by atoms with Crippen molar-refractivity contribution in [3.8, 4) is 0 Å². The van der Waals surface area contributed by atoms with Gasteiger partial charge in [-0.2, -0.15) is 13.2 Å². The fraction of sp³-hybridized carbons (Fsp3) is 0.333. The normalized spacial score (nSPS) is 11.5. The summed E-state index contributed by atoms with van der Waals surface area (Å²) in [7, 11) is 0. The van der Waals surface area contributed by atoms with Crippen LogP contribution in [0.5, 0.6) is 0 Å². The number of benzene rings is 1. The Balaban J connectivity index is 2.95. The second kappa shape index (κ2) is 4.83. The van der Waals surface area contributed by atoms with Gasteiger partial charge in [0, 0.05) is 16.7 Å². The van der Waals surface area contributed by atoms with Crippen molar-refractivity contribution < 1.29 is 17.6 Å². The maximum Gasteiger partial charge on any atom is 0.417 e. The molecule has 0 aliphatic heterocycles. The Morgan fingerprint density at radius 3 is 2.47 bits per heavy atom. The van der Waals surface area contributed by atoms with E-state index >= 15 is 0 Å². The number of nitrogens with one attached hydrogen (secondary N) is 1. The Morgan fingerprint density at radius 2 is 1.93 bits per heavy atom. The maximum absolute atomic E-state index is 12.4. The Hall–Kier alpha value is -0.780. The standard InChI is InChI=1S/C9H8BrF4N/c10-8-2-1-6(15-4-3-11)5-7(8)9(12,13)14/h1-2,5,15H,3-4H2. The van der Waals surface area contributed by atoms with Crippen LogP contribution in [0.15, 0.2) is 22.7 Å². The second-order valence-electron chi connectivity index (χ2n) is 2.81. The largest absolute Gasteiger partial charge is 0.417 e. The van der Waals surface area contributed by atoms with E-state index in [1.165, 1.54) is 12.1 Å². The zero-order valence-electron chi connectivity index (χ0n) is 7.54. The van der Waals surface area contributed by atoms with Crippen molar-refractivity contribution >= 4 is 21.6 Å². The van der Waals surface area contributed by atoms with Gasteiger partial charge in [-0.25, -0.2) is 4.39 Å². The van der Waals surface area contributed by atoms with E-state index in [1.54, 1.807) is 0 Å². The van der Waals surface area contributed by atoms with Gasteiger partial charge in [0.2, 0.25) is 0 Å². The van der Waals surface area contributed by atoms with Crippen LogP contribution < -0.4 is 5.32 Å². The molecule has 0 spiro atoms. The van der Waals surface area contributed by atoms with E-state index in [9.17, 15) is 17.6 Å². The van der Waals surface area contributed by atoms with Gasteiger partial charge in [0.15, 0.2) is 0 Å². The molecule has 0 unspecified atom stereocenters. The van der Waals surface area contributed by atoms with Crippen molar-refractivity contribution in [1.82, 2.24) is 0 Å². The molecule has 0 atom stereocenters. The van der Waals surface area contributed by atoms with Crippen molar-refractivity contribution in [2.24, 2.45) is 0 Å². The first-order valence-corrected chi connectivity index (χ1v) is 4.91. The van der Waals surface area contributed by atoms with Crippen LogP contribution in [0.3, 0.4) is 0 Å². The molecule has 1 N–H and O–H groups in total. The molecule has 0 aliphatic carbocycles. The summed E-state index contributed by atoms with van der Waals surface area (Å²) in [5.41, 5.74) is -0.519. The minimum absolute atomic E-state index is 0.00106. The summed E-state index contributed by atoms with van der Waals surface area (Å²) in [6.07, 6.45) is -4.41. The molecule has 0 heterocycles. The van der Waals surface area contributed by atoms with Gasteiger partial charge >= 0.3 is 6.18 Å². The van der Waals surface area contributed by atoms with Crippen LogP contribution in [0, 0.1) is 0 Å². The Morgan fingerprint density at radius 1 is 1.27 bits per heavy atom. The van der Waals surface area contributed by atoms with Gasteiger partial charge in [0.25, 0.3) is 0 Å². The molecule has 0 fully saturated rings. The smallest absolute Gasteiger partial charge is 0.382 e. The van der Waals surface area contributed by atoms with Gasteiger partial charge in [-0.05, 0) is 18.2 Å². The summed E-state index contributed by atoms with van der Waals surface area (Å²) in [4.78, 5) is 0. The fourth-order valence-electron chi connectivity index (χ4n) is 1.04. The highest BCUT2D eigenvalue weighted by atomic mass is 79.9. The number of alkyl halides is 4. The Bertz CT molecular complexity index is 337. The molecule has 6 heteroatoms. The number of hydrogen-bond donors (Lipinski definition) is 1. The van der Waals surface area contributed by atoms with Crippen LogP contribution in [0.25, 0.3) is 0 Å². The molecule has 0 saturated heterocycles. The lowest BCUT2D eigenvalue weighted by atomic mass is 10.2. The summed E-state index contributed by atoms with van der Waals surface area (Å²) < 4.78 is 49.0.